The zero-order chi connectivity index (χ0) is 17.8. The van der Waals surface area contributed by atoms with Crippen LogP contribution in [0.4, 0.5) is 0 Å². The van der Waals surface area contributed by atoms with E-state index in [2.05, 4.69) is 5.32 Å². The Balaban J connectivity index is 1.81. The lowest BCUT2D eigenvalue weighted by molar-refractivity contribution is -0.145. The van der Waals surface area contributed by atoms with Gasteiger partial charge in [-0.3, -0.25) is 14.4 Å². The van der Waals surface area contributed by atoms with E-state index in [-0.39, 0.29) is 22.0 Å². The SMILES string of the molecule is N[C@]1(C(=O)O)C[C@@H](NC(=O)c2cc(Cl)cc(Cl)c2)[C@@H]2[C@@H](C(=O)O)[C@H]21. The van der Waals surface area contributed by atoms with Crippen molar-refractivity contribution in [3.8, 4) is 0 Å². The molecule has 5 N–H and O–H groups in total. The fraction of sp³-hybridized carbons (Fsp3) is 0.400. The molecule has 0 radical (unpaired) electrons. The molecule has 3 rings (SSSR count). The first kappa shape index (κ1) is 17.0. The molecule has 9 heteroatoms. The third kappa shape index (κ3) is 2.62. The second kappa shape index (κ2) is 5.61. The van der Waals surface area contributed by atoms with Crippen LogP contribution in [0, 0.1) is 17.8 Å². The lowest BCUT2D eigenvalue weighted by atomic mass is 9.90. The summed E-state index contributed by atoms with van der Waals surface area (Å²) in [5.74, 6) is -4.93. The van der Waals surface area contributed by atoms with Crippen LogP contribution < -0.4 is 11.1 Å². The van der Waals surface area contributed by atoms with Crippen LogP contribution in [0.15, 0.2) is 18.2 Å². The predicted octanol–water partition coefficient (Wildman–Crippen LogP) is 1.22. The van der Waals surface area contributed by atoms with Gasteiger partial charge in [0.05, 0.1) is 5.92 Å². The number of aliphatic carboxylic acids is 2. The van der Waals surface area contributed by atoms with Gasteiger partial charge in [0.25, 0.3) is 5.91 Å². The summed E-state index contributed by atoms with van der Waals surface area (Å²) in [7, 11) is 0. The molecule has 0 heterocycles. The molecule has 0 spiro atoms. The maximum Gasteiger partial charge on any atom is 0.324 e. The quantitative estimate of drug-likeness (QED) is 0.628. The van der Waals surface area contributed by atoms with Crippen LogP contribution in [0.2, 0.25) is 10.0 Å². The van der Waals surface area contributed by atoms with E-state index in [1.165, 1.54) is 18.2 Å². The lowest BCUT2D eigenvalue weighted by Crippen LogP contribution is -2.52. The fourth-order valence-corrected chi connectivity index (χ4v) is 4.29. The Bertz CT molecular complexity index is 735. The third-order valence-electron chi connectivity index (χ3n) is 4.82. The maximum atomic E-state index is 12.4. The van der Waals surface area contributed by atoms with E-state index in [0.717, 1.165) is 0 Å². The molecule has 1 aromatic rings. The van der Waals surface area contributed by atoms with Crippen LogP contribution in [0.1, 0.15) is 16.8 Å². The Hall–Kier alpha value is -1.83. The molecular formula is C15H14Cl2N2O5. The van der Waals surface area contributed by atoms with Crippen molar-refractivity contribution in [2.75, 3.05) is 0 Å². The van der Waals surface area contributed by atoms with Gasteiger partial charge >= 0.3 is 11.9 Å². The maximum absolute atomic E-state index is 12.4. The molecule has 0 aromatic heterocycles. The van der Waals surface area contributed by atoms with E-state index in [1.54, 1.807) is 0 Å². The Morgan fingerprint density at radius 1 is 1.17 bits per heavy atom. The first-order chi connectivity index (χ1) is 11.1. The van der Waals surface area contributed by atoms with Crippen LogP contribution in [0.25, 0.3) is 0 Å². The molecule has 128 valence electrons. The molecule has 5 atom stereocenters. The summed E-state index contributed by atoms with van der Waals surface area (Å²) in [6.07, 6.45) is -0.0263. The van der Waals surface area contributed by atoms with Crippen molar-refractivity contribution in [3.05, 3.63) is 33.8 Å². The van der Waals surface area contributed by atoms with Crippen molar-refractivity contribution < 1.29 is 24.6 Å². The second-order valence-electron chi connectivity index (χ2n) is 6.25. The van der Waals surface area contributed by atoms with Crippen LogP contribution >= 0.6 is 23.2 Å². The molecule has 2 aliphatic carbocycles. The lowest BCUT2D eigenvalue weighted by Gasteiger charge is -2.25. The molecule has 0 saturated heterocycles. The average molecular weight is 373 g/mol. The van der Waals surface area contributed by atoms with Crippen LogP contribution in [-0.4, -0.2) is 39.6 Å². The zero-order valence-corrected chi connectivity index (χ0v) is 13.7. The normalized spacial score (nSPS) is 33.6. The van der Waals surface area contributed by atoms with Gasteiger partial charge in [0, 0.05) is 27.6 Å². The smallest absolute Gasteiger partial charge is 0.324 e. The number of benzene rings is 1. The van der Waals surface area contributed by atoms with Gasteiger partial charge in [-0.2, -0.15) is 0 Å². The van der Waals surface area contributed by atoms with Crippen molar-refractivity contribution in [2.24, 2.45) is 23.5 Å². The van der Waals surface area contributed by atoms with Crippen molar-refractivity contribution in [1.29, 1.82) is 0 Å². The second-order valence-corrected chi connectivity index (χ2v) is 7.13. The fourth-order valence-electron chi connectivity index (χ4n) is 3.77. The predicted molar refractivity (Wildman–Crippen MR) is 85.0 cm³/mol. The van der Waals surface area contributed by atoms with Crippen molar-refractivity contribution >= 4 is 41.0 Å². The van der Waals surface area contributed by atoms with Crippen molar-refractivity contribution in [2.45, 2.75) is 18.0 Å². The van der Waals surface area contributed by atoms with Gasteiger partial charge in [-0.1, -0.05) is 23.2 Å². The molecule has 2 saturated carbocycles. The van der Waals surface area contributed by atoms with E-state index < -0.39 is 47.2 Å². The van der Waals surface area contributed by atoms with Gasteiger partial charge in [0.2, 0.25) is 0 Å². The first-order valence-electron chi connectivity index (χ1n) is 7.17. The monoisotopic (exact) mass is 372 g/mol. The number of carbonyl (C=O) groups is 3. The average Bonchev–Trinajstić information content (AvgIpc) is 3.15. The molecule has 24 heavy (non-hydrogen) atoms. The molecule has 0 unspecified atom stereocenters. The van der Waals surface area contributed by atoms with E-state index in [0.29, 0.717) is 0 Å². The summed E-state index contributed by atoms with van der Waals surface area (Å²) < 4.78 is 0. The highest BCUT2D eigenvalue weighted by molar-refractivity contribution is 6.35. The van der Waals surface area contributed by atoms with Gasteiger partial charge in [-0.05, 0) is 30.5 Å². The molecule has 0 aliphatic heterocycles. The number of fused-ring (bicyclic) bond motifs is 1. The molecule has 2 fully saturated rings. The number of carbonyl (C=O) groups excluding carboxylic acids is 1. The van der Waals surface area contributed by atoms with Gasteiger partial charge < -0.3 is 21.3 Å². The molecular weight excluding hydrogens is 359 g/mol. The molecule has 7 nitrogen and oxygen atoms in total. The summed E-state index contributed by atoms with van der Waals surface area (Å²) in [6.45, 7) is 0. The summed E-state index contributed by atoms with van der Waals surface area (Å²) >= 11 is 11.7. The van der Waals surface area contributed by atoms with E-state index in [1.807, 2.05) is 0 Å². The van der Waals surface area contributed by atoms with E-state index in [9.17, 15) is 24.6 Å². The number of hydrogen-bond acceptors (Lipinski definition) is 4. The number of halogens is 2. The number of nitrogens with one attached hydrogen (secondary N) is 1. The number of amides is 1. The number of hydrogen-bond donors (Lipinski definition) is 4. The first-order valence-corrected chi connectivity index (χ1v) is 7.93. The Morgan fingerprint density at radius 3 is 2.25 bits per heavy atom. The number of carboxylic acid groups (broad SMARTS) is 2. The van der Waals surface area contributed by atoms with Gasteiger partial charge in [-0.25, -0.2) is 0 Å². The number of rotatable bonds is 4. The van der Waals surface area contributed by atoms with Gasteiger partial charge in [0.1, 0.15) is 5.54 Å². The van der Waals surface area contributed by atoms with Crippen LogP contribution in [0.5, 0.6) is 0 Å². The summed E-state index contributed by atoms with van der Waals surface area (Å²) in [5, 5.41) is 21.8. The minimum absolute atomic E-state index is 0.0263. The van der Waals surface area contributed by atoms with E-state index >= 15 is 0 Å². The molecule has 1 amide bonds. The third-order valence-corrected chi connectivity index (χ3v) is 5.25. The van der Waals surface area contributed by atoms with Crippen LogP contribution in [-0.2, 0) is 9.59 Å². The Labute approximate surface area is 146 Å². The molecule has 2 aliphatic rings. The topological polar surface area (TPSA) is 130 Å². The standard InChI is InChI=1S/C15H14Cl2N2O5/c16-6-1-5(2-7(17)3-6)12(20)19-8-4-15(18,14(23)24)11-9(8)10(11)13(21)22/h1-3,8-11H,4,18H2,(H,19,20)(H,21,22)(H,23,24)/t8-,9-,10-,11+,15-/m1/s1. The summed E-state index contributed by atoms with van der Waals surface area (Å²) in [4.78, 5) is 35.1. The minimum Gasteiger partial charge on any atom is -0.481 e. The molecule has 1 aromatic carbocycles. The Kier molecular flexibility index (Phi) is 3.98. The number of carboxylic acids is 2. The number of nitrogens with two attached hydrogens (primary N) is 1. The zero-order valence-electron chi connectivity index (χ0n) is 12.2. The highest BCUT2D eigenvalue weighted by Gasteiger charge is 2.74. The molecule has 0 bridgehead atoms. The largest absolute Gasteiger partial charge is 0.481 e. The highest BCUT2D eigenvalue weighted by atomic mass is 35.5. The van der Waals surface area contributed by atoms with E-state index in [4.69, 9.17) is 28.9 Å². The van der Waals surface area contributed by atoms with Crippen molar-refractivity contribution in [3.63, 3.8) is 0 Å². The minimum atomic E-state index is -1.66. The van der Waals surface area contributed by atoms with Crippen LogP contribution in [0.3, 0.4) is 0 Å². The van der Waals surface area contributed by atoms with Crippen molar-refractivity contribution in [1.82, 2.24) is 5.32 Å². The van der Waals surface area contributed by atoms with Gasteiger partial charge in [-0.15, -0.1) is 0 Å². The van der Waals surface area contributed by atoms with Gasteiger partial charge in [0.15, 0.2) is 0 Å². The Morgan fingerprint density at radius 2 is 1.75 bits per heavy atom. The summed E-state index contributed by atoms with van der Waals surface area (Å²) in [5.41, 5.74) is 4.47. The highest BCUT2D eigenvalue weighted by Crippen LogP contribution is 2.61. The summed E-state index contributed by atoms with van der Waals surface area (Å²) in [6, 6.07) is 3.68.